The molecule has 1 heterocycles. The Morgan fingerprint density at radius 2 is 1.84 bits per heavy atom. The van der Waals surface area contributed by atoms with Crippen molar-refractivity contribution < 1.29 is 0 Å². The van der Waals surface area contributed by atoms with Crippen LogP contribution in [0.5, 0.6) is 0 Å². The van der Waals surface area contributed by atoms with E-state index in [2.05, 4.69) is 58.3 Å². The van der Waals surface area contributed by atoms with Crippen LogP contribution < -0.4 is 10.2 Å². The van der Waals surface area contributed by atoms with E-state index in [0.717, 1.165) is 29.3 Å². The average molecular weight is 256 g/mol. The van der Waals surface area contributed by atoms with Gasteiger partial charge in [-0.05, 0) is 25.5 Å². The highest BCUT2D eigenvalue weighted by molar-refractivity contribution is 5.66. The van der Waals surface area contributed by atoms with Crippen molar-refractivity contribution in [3.63, 3.8) is 0 Å². The molecule has 0 aliphatic rings. The van der Waals surface area contributed by atoms with E-state index in [0.29, 0.717) is 0 Å². The minimum Gasteiger partial charge on any atom is -0.373 e. The summed E-state index contributed by atoms with van der Waals surface area (Å²) in [7, 11) is 3.92. The van der Waals surface area contributed by atoms with Gasteiger partial charge in [0.15, 0.2) is 0 Å². The summed E-state index contributed by atoms with van der Waals surface area (Å²) < 4.78 is 0. The Morgan fingerprint density at radius 3 is 2.42 bits per heavy atom. The van der Waals surface area contributed by atoms with Gasteiger partial charge >= 0.3 is 0 Å². The molecule has 1 aromatic carbocycles. The average Bonchev–Trinajstić information content (AvgIpc) is 2.46. The van der Waals surface area contributed by atoms with Crippen LogP contribution in [0.1, 0.15) is 18.1 Å². The van der Waals surface area contributed by atoms with Gasteiger partial charge in [0.2, 0.25) is 0 Å². The molecule has 0 radical (unpaired) electrons. The summed E-state index contributed by atoms with van der Waals surface area (Å²) in [5.41, 5.74) is 3.51. The third-order valence-electron chi connectivity index (χ3n) is 3.25. The minimum absolute atomic E-state index is 0.891. The van der Waals surface area contributed by atoms with Crippen molar-refractivity contribution in [2.75, 3.05) is 24.3 Å². The van der Waals surface area contributed by atoms with Crippen LogP contribution in [0.25, 0.3) is 0 Å². The molecule has 100 valence electrons. The molecule has 4 heteroatoms. The Kier molecular flexibility index (Phi) is 4.00. The van der Waals surface area contributed by atoms with Crippen molar-refractivity contribution in [2.24, 2.45) is 0 Å². The summed E-state index contributed by atoms with van der Waals surface area (Å²) in [6.45, 7) is 4.21. The number of nitrogens with zero attached hydrogens (tertiary/aromatic N) is 3. The highest BCUT2D eigenvalue weighted by Crippen LogP contribution is 2.28. The van der Waals surface area contributed by atoms with Crippen LogP contribution in [0.4, 0.5) is 17.3 Å². The lowest BCUT2D eigenvalue weighted by Crippen LogP contribution is -2.15. The van der Waals surface area contributed by atoms with Gasteiger partial charge in [-0.2, -0.15) is 0 Å². The number of aromatic nitrogens is 2. The summed E-state index contributed by atoms with van der Waals surface area (Å²) in [5.74, 6) is 1.84. The smallest absolute Gasteiger partial charge is 0.141 e. The maximum Gasteiger partial charge on any atom is 0.141 e. The van der Waals surface area contributed by atoms with Crippen LogP contribution in [0.15, 0.2) is 30.6 Å². The van der Waals surface area contributed by atoms with E-state index < -0.39 is 0 Å². The SMILES string of the molecule is CCc1c(NC)ncnc1N(C)c1ccc(C)cc1. The fraction of sp³-hybridized carbons (Fsp3) is 0.333. The molecule has 0 atom stereocenters. The second-order valence-corrected chi connectivity index (χ2v) is 4.52. The summed E-state index contributed by atoms with van der Waals surface area (Å²) in [6.07, 6.45) is 2.49. The largest absolute Gasteiger partial charge is 0.373 e. The predicted octanol–water partition coefficient (Wildman–Crippen LogP) is 3.16. The second-order valence-electron chi connectivity index (χ2n) is 4.52. The molecule has 1 N–H and O–H groups in total. The number of rotatable bonds is 4. The van der Waals surface area contributed by atoms with Gasteiger partial charge in [-0.3, -0.25) is 0 Å². The van der Waals surface area contributed by atoms with Crippen LogP contribution in [-0.4, -0.2) is 24.1 Å². The van der Waals surface area contributed by atoms with Gasteiger partial charge in [-0.15, -0.1) is 0 Å². The second kappa shape index (κ2) is 5.69. The van der Waals surface area contributed by atoms with Crippen LogP contribution in [0, 0.1) is 6.92 Å². The number of hydrogen-bond acceptors (Lipinski definition) is 4. The molecule has 4 nitrogen and oxygen atoms in total. The molecule has 0 saturated heterocycles. The Labute approximate surface area is 114 Å². The molecule has 0 aliphatic carbocycles. The normalized spacial score (nSPS) is 10.3. The first-order valence-electron chi connectivity index (χ1n) is 6.49. The third kappa shape index (κ3) is 2.67. The molecular weight excluding hydrogens is 236 g/mol. The zero-order valence-corrected chi connectivity index (χ0v) is 11.9. The van der Waals surface area contributed by atoms with Gasteiger partial charge in [0.25, 0.3) is 0 Å². The molecule has 0 fully saturated rings. The fourth-order valence-electron chi connectivity index (χ4n) is 2.12. The first-order chi connectivity index (χ1) is 9.17. The van der Waals surface area contributed by atoms with Crippen molar-refractivity contribution in [2.45, 2.75) is 20.3 Å². The lowest BCUT2D eigenvalue weighted by molar-refractivity contribution is 1.000. The van der Waals surface area contributed by atoms with Crippen LogP contribution in [0.2, 0.25) is 0 Å². The van der Waals surface area contributed by atoms with Crippen molar-refractivity contribution in [3.8, 4) is 0 Å². The van der Waals surface area contributed by atoms with E-state index in [4.69, 9.17) is 0 Å². The predicted molar refractivity (Wildman–Crippen MR) is 80.2 cm³/mol. The molecule has 2 rings (SSSR count). The Morgan fingerprint density at radius 1 is 1.16 bits per heavy atom. The minimum atomic E-state index is 0.891. The number of aryl methyl sites for hydroxylation is 1. The van der Waals surface area contributed by atoms with E-state index in [1.54, 1.807) is 6.33 Å². The van der Waals surface area contributed by atoms with Gasteiger partial charge in [0.1, 0.15) is 18.0 Å². The lowest BCUT2D eigenvalue weighted by Gasteiger charge is -2.22. The summed E-state index contributed by atoms with van der Waals surface area (Å²) in [5, 5.41) is 3.12. The molecule has 0 amide bonds. The third-order valence-corrected chi connectivity index (χ3v) is 3.25. The van der Waals surface area contributed by atoms with E-state index >= 15 is 0 Å². The summed E-state index contributed by atoms with van der Waals surface area (Å²) in [4.78, 5) is 10.8. The lowest BCUT2D eigenvalue weighted by atomic mass is 10.1. The Bertz CT molecular complexity index is 549. The zero-order chi connectivity index (χ0) is 13.8. The number of nitrogens with one attached hydrogen (secondary N) is 1. The Hall–Kier alpha value is -2.10. The van der Waals surface area contributed by atoms with Gasteiger partial charge in [-0.25, -0.2) is 9.97 Å². The van der Waals surface area contributed by atoms with E-state index in [9.17, 15) is 0 Å². The maximum atomic E-state index is 4.43. The van der Waals surface area contributed by atoms with E-state index in [1.165, 1.54) is 5.56 Å². The number of benzene rings is 1. The maximum absolute atomic E-state index is 4.43. The molecule has 1 aromatic heterocycles. The monoisotopic (exact) mass is 256 g/mol. The first kappa shape index (κ1) is 13.3. The van der Waals surface area contributed by atoms with Crippen molar-refractivity contribution in [1.29, 1.82) is 0 Å². The molecule has 0 bridgehead atoms. The van der Waals surface area contributed by atoms with Crippen LogP contribution >= 0.6 is 0 Å². The standard InChI is InChI=1S/C15H20N4/c1-5-13-14(16-3)17-10-18-15(13)19(4)12-8-6-11(2)7-9-12/h6-10H,5H2,1-4H3,(H,16,17,18). The van der Waals surface area contributed by atoms with E-state index in [1.807, 2.05) is 14.1 Å². The molecule has 0 spiro atoms. The fourth-order valence-corrected chi connectivity index (χ4v) is 2.12. The topological polar surface area (TPSA) is 41.1 Å². The van der Waals surface area contributed by atoms with E-state index in [-0.39, 0.29) is 0 Å². The van der Waals surface area contributed by atoms with Gasteiger partial charge < -0.3 is 10.2 Å². The van der Waals surface area contributed by atoms with Crippen molar-refractivity contribution in [1.82, 2.24) is 9.97 Å². The summed E-state index contributed by atoms with van der Waals surface area (Å²) in [6, 6.07) is 8.43. The van der Waals surface area contributed by atoms with Crippen molar-refractivity contribution >= 4 is 17.3 Å². The van der Waals surface area contributed by atoms with Gasteiger partial charge in [-0.1, -0.05) is 24.6 Å². The van der Waals surface area contributed by atoms with Crippen LogP contribution in [0.3, 0.4) is 0 Å². The highest BCUT2D eigenvalue weighted by Gasteiger charge is 2.13. The molecule has 0 saturated carbocycles. The number of anilines is 3. The quantitative estimate of drug-likeness (QED) is 0.912. The molecule has 2 aromatic rings. The number of hydrogen-bond donors (Lipinski definition) is 1. The highest BCUT2D eigenvalue weighted by atomic mass is 15.2. The van der Waals surface area contributed by atoms with Crippen molar-refractivity contribution in [3.05, 3.63) is 41.7 Å². The van der Waals surface area contributed by atoms with Gasteiger partial charge in [0.05, 0.1) is 0 Å². The zero-order valence-electron chi connectivity index (χ0n) is 11.9. The molecule has 19 heavy (non-hydrogen) atoms. The first-order valence-corrected chi connectivity index (χ1v) is 6.49. The van der Waals surface area contributed by atoms with Gasteiger partial charge in [0, 0.05) is 25.3 Å². The Balaban J connectivity index is 2.43. The molecule has 0 unspecified atom stereocenters. The molecular formula is C15H20N4. The molecule has 0 aliphatic heterocycles. The van der Waals surface area contributed by atoms with Crippen LogP contribution in [-0.2, 0) is 6.42 Å². The summed E-state index contributed by atoms with van der Waals surface area (Å²) >= 11 is 0.